The van der Waals surface area contributed by atoms with Gasteiger partial charge in [-0.25, -0.2) is 4.98 Å². The van der Waals surface area contributed by atoms with E-state index in [0.717, 1.165) is 41.4 Å². The van der Waals surface area contributed by atoms with Crippen molar-refractivity contribution in [3.63, 3.8) is 0 Å². The number of nitrogens with zero attached hydrogens (tertiary/aromatic N) is 1. The van der Waals surface area contributed by atoms with E-state index < -0.39 is 5.97 Å². The predicted octanol–water partition coefficient (Wildman–Crippen LogP) is 8.18. The molecule has 1 heterocycles. The standard InChI is InChI=1S/C33H46N2O2/c1-21(8-15-31(36)37)26-12-13-27-25-11-10-23-20-24(16-18-32(23,2)28(25)17-19-33(26,27)3)34-30-14-9-22-6-4-5-7-29(22)35-30/h4-7,9,14,21,23-28H,8,10-13,15-20H2,1-3H3,(H,34,35)(H,36,37)/t21-,23-,24?,25+,26?,27+,28+,32+,33-/m1/s1. The number of nitrogens with one attached hydrogen (secondary N) is 1. The second kappa shape index (κ2) is 9.58. The Labute approximate surface area is 223 Å². The van der Waals surface area contributed by atoms with Crippen molar-refractivity contribution in [2.75, 3.05) is 5.32 Å². The fourth-order valence-electron chi connectivity index (χ4n) is 10.3. The van der Waals surface area contributed by atoms with E-state index in [1.165, 1.54) is 63.2 Å². The first-order valence-corrected chi connectivity index (χ1v) is 15.1. The van der Waals surface area contributed by atoms with Crippen molar-refractivity contribution in [2.24, 2.45) is 46.3 Å². The molecule has 0 aliphatic heterocycles. The van der Waals surface area contributed by atoms with Crippen LogP contribution in [0.3, 0.4) is 0 Å². The van der Waals surface area contributed by atoms with Crippen LogP contribution in [-0.4, -0.2) is 22.1 Å². The fourth-order valence-corrected chi connectivity index (χ4v) is 10.3. The third-order valence-corrected chi connectivity index (χ3v) is 12.2. The van der Waals surface area contributed by atoms with Crippen LogP contribution in [0.4, 0.5) is 5.82 Å². The number of carbonyl (C=O) groups is 1. The minimum absolute atomic E-state index is 0.328. The quantitative estimate of drug-likeness (QED) is 0.418. The van der Waals surface area contributed by atoms with Crippen molar-refractivity contribution in [1.29, 1.82) is 0 Å². The smallest absolute Gasteiger partial charge is 0.303 e. The molecule has 200 valence electrons. The van der Waals surface area contributed by atoms with E-state index in [-0.39, 0.29) is 0 Å². The highest BCUT2D eigenvalue weighted by atomic mass is 16.4. The van der Waals surface area contributed by atoms with E-state index >= 15 is 0 Å². The first kappa shape index (κ1) is 25.2. The van der Waals surface area contributed by atoms with Crippen molar-refractivity contribution in [2.45, 2.75) is 97.4 Å². The molecule has 0 amide bonds. The summed E-state index contributed by atoms with van der Waals surface area (Å²) < 4.78 is 0. The second-order valence-electron chi connectivity index (χ2n) is 13.8. The number of carboxylic acid groups (broad SMARTS) is 1. The van der Waals surface area contributed by atoms with E-state index in [0.29, 0.717) is 35.1 Å². The van der Waals surface area contributed by atoms with Crippen molar-refractivity contribution in [3.05, 3.63) is 36.4 Å². The van der Waals surface area contributed by atoms with Crippen molar-refractivity contribution in [3.8, 4) is 0 Å². The molecule has 0 saturated heterocycles. The highest BCUT2D eigenvalue weighted by Gasteiger charge is 2.60. The van der Waals surface area contributed by atoms with Crippen LogP contribution < -0.4 is 5.32 Å². The van der Waals surface area contributed by atoms with Gasteiger partial charge in [0.1, 0.15) is 5.82 Å². The third-order valence-electron chi connectivity index (χ3n) is 12.2. The van der Waals surface area contributed by atoms with Crippen LogP contribution in [0.15, 0.2) is 36.4 Å². The van der Waals surface area contributed by atoms with Crippen LogP contribution >= 0.6 is 0 Å². The fraction of sp³-hybridized carbons (Fsp3) is 0.697. The summed E-state index contributed by atoms with van der Waals surface area (Å²) in [5.41, 5.74) is 1.97. The van der Waals surface area contributed by atoms with Crippen LogP contribution in [0.1, 0.15) is 91.4 Å². The number of rotatable bonds is 6. The van der Waals surface area contributed by atoms with Gasteiger partial charge in [0.15, 0.2) is 0 Å². The lowest BCUT2D eigenvalue weighted by molar-refractivity contribution is -0.137. The molecule has 2 aromatic rings. The molecule has 9 atom stereocenters. The molecule has 1 aromatic carbocycles. The molecule has 37 heavy (non-hydrogen) atoms. The molecular formula is C33H46N2O2. The van der Waals surface area contributed by atoms with Gasteiger partial charge in [0.05, 0.1) is 5.52 Å². The van der Waals surface area contributed by atoms with Gasteiger partial charge in [-0.05, 0) is 129 Å². The molecule has 4 aliphatic carbocycles. The zero-order valence-corrected chi connectivity index (χ0v) is 23.1. The van der Waals surface area contributed by atoms with Crippen molar-refractivity contribution in [1.82, 2.24) is 4.98 Å². The summed E-state index contributed by atoms with van der Waals surface area (Å²) in [7, 11) is 0. The molecule has 4 nitrogen and oxygen atoms in total. The van der Waals surface area contributed by atoms with E-state index in [4.69, 9.17) is 4.98 Å². The minimum atomic E-state index is -0.636. The minimum Gasteiger partial charge on any atom is -0.481 e. The number of para-hydroxylation sites is 1. The largest absolute Gasteiger partial charge is 0.481 e. The Bertz CT molecular complexity index is 1150. The van der Waals surface area contributed by atoms with Gasteiger partial charge in [-0.2, -0.15) is 0 Å². The second-order valence-corrected chi connectivity index (χ2v) is 13.8. The topological polar surface area (TPSA) is 62.2 Å². The molecule has 4 aliphatic rings. The van der Waals surface area contributed by atoms with E-state index in [2.05, 4.69) is 62.5 Å². The number of benzene rings is 1. The first-order valence-electron chi connectivity index (χ1n) is 15.1. The molecular weight excluding hydrogens is 456 g/mol. The number of aliphatic carboxylic acids is 1. The SMILES string of the molecule is C[C@H](CCC(=O)O)C1CC[C@H]2[C@@H]3CC[C@@H]4CC(Nc5ccc6ccccc6n5)CC[C@]4(C)[C@H]3CC[C@]12C. The number of pyridine rings is 1. The number of aromatic nitrogens is 1. The van der Waals surface area contributed by atoms with Gasteiger partial charge in [0.2, 0.25) is 0 Å². The van der Waals surface area contributed by atoms with Crippen molar-refractivity contribution >= 4 is 22.7 Å². The monoisotopic (exact) mass is 502 g/mol. The summed E-state index contributed by atoms with van der Waals surface area (Å²) in [6.07, 6.45) is 13.3. The predicted molar refractivity (Wildman–Crippen MR) is 150 cm³/mol. The van der Waals surface area contributed by atoms with E-state index in [1.807, 2.05) is 0 Å². The van der Waals surface area contributed by atoms with Crippen molar-refractivity contribution < 1.29 is 9.90 Å². The Morgan fingerprint density at radius 2 is 1.78 bits per heavy atom. The molecule has 6 rings (SSSR count). The van der Waals surface area contributed by atoms with Gasteiger partial charge in [0, 0.05) is 17.8 Å². The molecule has 2 N–H and O–H groups in total. The Morgan fingerprint density at radius 1 is 1.00 bits per heavy atom. The molecule has 4 saturated carbocycles. The van der Waals surface area contributed by atoms with Crippen LogP contribution in [0.25, 0.3) is 10.9 Å². The summed E-state index contributed by atoms with van der Waals surface area (Å²) in [5.74, 6) is 5.04. The summed E-state index contributed by atoms with van der Waals surface area (Å²) in [6, 6.07) is 13.3. The molecule has 4 heteroatoms. The van der Waals surface area contributed by atoms with Gasteiger partial charge >= 0.3 is 5.97 Å². The lowest BCUT2D eigenvalue weighted by Gasteiger charge is -2.61. The Morgan fingerprint density at radius 3 is 2.62 bits per heavy atom. The number of anilines is 1. The molecule has 4 fully saturated rings. The maximum Gasteiger partial charge on any atom is 0.303 e. The van der Waals surface area contributed by atoms with Crippen LogP contribution in [0.5, 0.6) is 0 Å². The van der Waals surface area contributed by atoms with Crippen LogP contribution in [0.2, 0.25) is 0 Å². The third kappa shape index (κ3) is 4.36. The lowest BCUT2D eigenvalue weighted by atomic mass is 9.44. The molecule has 1 aromatic heterocycles. The van der Waals surface area contributed by atoms with Gasteiger partial charge in [-0.1, -0.05) is 39.0 Å². The summed E-state index contributed by atoms with van der Waals surface area (Å²) >= 11 is 0. The normalized spacial score (nSPS) is 39.9. The number of hydrogen-bond acceptors (Lipinski definition) is 3. The molecule has 0 radical (unpaired) electrons. The van der Waals surface area contributed by atoms with Gasteiger partial charge < -0.3 is 10.4 Å². The lowest BCUT2D eigenvalue weighted by Crippen LogP contribution is -2.54. The zero-order chi connectivity index (χ0) is 25.8. The maximum absolute atomic E-state index is 11.2. The van der Waals surface area contributed by atoms with E-state index in [1.54, 1.807) is 0 Å². The van der Waals surface area contributed by atoms with Crippen LogP contribution in [0, 0.1) is 46.3 Å². The molecule has 2 unspecified atom stereocenters. The summed E-state index contributed by atoms with van der Waals surface area (Å²) in [5, 5.41) is 14.3. The first-order chi connectivity index (χ1) is 17.8. The number of carboxylic acids is 1. The van der Waals surface area contributed by atoms with Crippen LogP contribution in [-0.2, 0) is 4.79 Å². The van der Waals surface area contributed by atoms with E-state index in [9.17, 15) is 9.90 Å². The average molecular weight is 503 g/mol. The average Bonchev–Trinajstić information content (AvgIpc) is 3.25. The maximum atomic E-state index is 11.2. The van der Waals surface area contributed by atoms with Gasteiger partial charge in [-0.15, -0.1) is 0 Å². The zero-order valence-electron chi connectivity index (χ0n) is 23.1. The van der Waals surface area contributed by atoms with Gasteiger partial charge in [-0.3, -0.25) is 4.79 Å². The highest BCUT2D eigenvalue weighted by Crippen LogP contribution is 2.68. The summed E-state index contributed by atoms with van der Waals surface area (Å²) in [4.78, 5) is 16.1. The Hall–Kier alpha value is -2.10. The molecule has 0 spiro atoms. The molecule has 0 bridgehead atoms. The Balaban J connectivity index is 1.13. The van der Waals surface area contributed by atoms with Gasteiger partial charge in [0.25, 0.3) is 0 Å². The summed E-state index contributed by atoms with van der Waals surface area (Å²) in [6.45, 7) is 7.59. The Kier molecular flexibility index (Phi) is 6.52. The number of fused-ring (bicyclic) bond motifs is 6. The number of hydrogen-bond donors (Lipinski definition) is 2. The highest BCUT2D eigenvalue weighted by molar-refractivity contribution is 5.80.